The van der Waals surface area contributed by atoms with Crippen molar-refractivity contribution in [2.45, 2.75) is 25.2 Å². The van der Waals surface area contributed by atoms with E-state index in [4.69, 9.17) is 0 Å². The fourth-order valence-corrected chi connectivity index (χ4v) is 4.22. The summed E-state index contributed by atoms with van der Waals surface area (Å²) in [6.45, 7) is 3.78. The highest BCUT2D eigenvalue weighted by Gasteiger charge is 2.15. The molecule has 1 aromatic carbocycles. The van der Waals surface area contributed by atoms with Gasteiger partial charge in [-0.3, -0.25) is 9.89 Å². The van der Waals surface area contributed by atoms with Crippen molar-refractivity contribution >= 4 is 33.1 Å². The Morgan fingerprint density at radius 2 is 2.00 bits per heavy atom. The molecule has 142 valence electrons. The Bertz CT molecular complexity index is 1040. The number of amides is 1. The first-order valence-corrected chi connectivity index (χ1v) is 10.7. The normalized spacial score (nSPS) is 11.5. The second-order valence-corrected chi connectivity index (χ2v) is 8.80. The standard InChI is InChI=1S/C18H20N4O3S2/c1-12-5-6-14(10-13(12)2)27(24,25)19-8-7-18(23)20-17-11-15(21-22-17)16-4-3-9-26-16/h3-6,9-11,19H,7-8H2,1-2H3,(H2,20,21,22,23). The maximum absolute atomic E-state index is 12.3. The van der Waals surface area contributed by atoms with Gasteiger partial charge in [0.25, 0.3) is 0 Å². The summed E-state index contributed by atoms with van der Waals surface area (Å²) in [6.07, 6.45) is 0.00523. The number of hydrogen-bond acceptors (Lipinski definition) is 5. The zero-order valence-corrected chi connectivity index (χ0v) is 16.6. The smallest absolute Gasteiger partial charge is 0.240 e. The topological polar surface area (TPSA) is 104 Å². The second-order valence-electron chi connectivity index (χ2n) is 6.09. The predicted molar refractivity (Wildman–Crippen MR) is 106 cm³/mol. The number of thiophene rings is 1. The first-order valence-electron chi connectivity index (χ1n) is 8.31. The quantitative estimate of drug-likeness (QED) is 0.563. The molecule has 0 bridgehead atoms. The van der Waals surface area contributed by atoms with Crippen LogP contribution in [0.5, 0.6) is 0 Å². The summed E-state index contributed by atoms with van der Waals surface area (Å²) >= 11 is 1.56. The summed E-state index contributed by atoms with van der Waals surface area (Å²) in [6, 6.07) is 10.6. The number of aromatic nitrogens is 2. The molecule has 0 saturated heterocycles. The van der Waals surface area contributed by atoms with E-state index < -0.39 is 10.0 Å². The van der Waals surface area contributed by atoms with Crippen molar-refractivity contribution in [3.8, 4) is 10.6 Å². The third kappa shape index (κ3) is 4.82. The van der Waals surface area contributed by atoms with E-state index in [-0.39, 0.29) is 23.8 Å². The van der Waals surface area contributed by atoms with Crippen LogP contribution in [-0.2, 0) is 14.8 Å². The number of carbonyl (C=O) groups is 1. The number of aryl methyl sites for hydroxylation is 2. The molecular weight excluding hydrogens is 384 g/mol. The van der Waals surface area contributed by atoms with Gasteiger partial charge in [0.1, 0.15) is 0 Å². The molecule has 2 heterocycles. The van der Waals surface area contributed by atoms with Gasteiger partial charge in [0.05, 0.1) is 15.5 Å². The third-order valence-electron chi connectivity index (χ3n) is 4.06. The van der Waals surface area contributed by atoms with Crippen LogP contribution in [0, 0.1) is 13.8 Å². The van der Waals surface area contributed by atoms with Crippen LogP contribution in [0.1, 0.15) is 17.5 Å². The van der Waals surface area contributed by atoms with Gasteiger partial charge in [-0.2, -0.15) is 5.10 Å². The summed E-state index contributed by atoms with van der Waals surface area (Å²) in [5.41, 5.74) is 2.74. The zero-order chi connectivity index (χ0) is 19.4. The molecule has 0 radical (unpaired) electrons. The molecule has 0 aliphatic heterocycles. The Morgan fingerprint density at radius 1 is 1.19 bits per heavy atom. The van der Waals surface area contributed by atoms with Gasteiger partial charge in [0.2, 0.25) is 15.9 Å². The number of sulfonamides is 1. The Kier molecular flexibility index (Phi) is 5.73. The van der Waals surface area contributed by atoms with Crippen LogP contribution in [0.25, 0.3) is 10.6 Å². The summed E-state index contributed by atoms with van der Waals surface area (Å²) in [5.74, 6) is 0.0856. The summed E-state index contributed by atoms with van der Waals surface area (Å²) in [7, 11) is -3.64. The molecule has 9 heteroatoms. The number of nitrogens with one attached hydrogen (secondary N) is 3. The SMILES string of the molecule is Cc1ccc(S(=O)(=O)NCCC(=O)Nc2cc(-c3cccs3)[nH]n2)cc1C. The Labute approximate surface area is 161 Å². The molecular formula is C18H20N4O3S2. The van der Waals surface area contributed by atoms with Gasteiger partial charge < -0.3 is 5.32 Å². The molecule has 0 unspecified atom stereocenters. The molecule has 2 aromatic heterocycles. The number of rotatable bonds is 7. The van der Waals surface area contributed by atoms with E-state index in [2.05, 4.69) is 20.2 Å². The first kappa shape index (κ1) is 19.3. The minimum atomic E-state index is -3.64. The minimum Gasteiger partial charge on any atom is -0.309 e. The van der Waals surface area contributed by atoms with Crippen LogP contribution in [0.2, 0.25) is 0 Å². The van der Waals surface area contributed by atoms with Crippen molar-refractivity contribution in [3.63, 3.8) is 0 Å². The van der Waals surface area contributed by atoms with Gasteiger partial charge in [0, 0.05) is 19.0 Å². The molecule has 0 aliphatic carbocycles. The number of carbonyl (C=O) groups excluding carboxylic acids is 1. The average Bonchev–Trinajstić information content (AvgIpc) is 3.28. The molecule has 0 atom stereocenters. The highest BCUT2D eigenvalue weighted by Crippen LogP contribution is 2.24. The van der Waals surface area contributed by atoms with Crippen molar-refractivity contribution in [3.05, 3.63) is 52.9 Å². The molecule has 3 rings (SSSR count). The molecule has 0 aliphatic rings. The second kappa shape index (κ2) is 8.03. The van der Waals surface area contributed by atoms with Gasteiger partial charge in [-0.05, 0) is 48.6 Å². The minimum absolute atomic E-state index is 0.00327. The van der Waals surface area contributed by atoms with E-state index in [1.54, 1.807) is 35.6 Å². The lowest BCUT2D eigenvalue weighted by Gasteiger charge is -2.08. The van der Waals surface area contributed by atoms with Gasteiger partial charge in [-0.15, -0.1) is 11.3 Å². The summed E-state index contributed by atoms with van der Waals surface area (Å²) < 4.78 is 27.1. The number of aromatic amines is 1. The van der Waals surface area contributed by atoms with Gasteiger partial charge in [-0.1, -0.05) is 12.1 Å². The number of hydrogen-bond donors (Lipinski definition) is 3. The van der Waals surface area contributed by atoms with Crippen molar-refractivity contribution in [2.24, 2.45) is 0 Å². The fourth-order valence-electron chi connectivity index (χ4n) is 2.41. The highest BCUT2D eigenvalue weighted by molar-refractivity contribution is 7.89. The van der Waals surface area contributed by atoms with Gasteiger partial charge in [-0.25, -0.2) is 13.1 Å². The highest BCUT2D eigenvalue weighted by atomic mass is 32.2. The van der Waals surface area contributed by atoms with Crippen LogP contribution in [0.15, 0.2) is 46.7 Å². The maximum atomic E-state index is 12.3. The molecule has 3 N–H and O–H groups in total. The lowest BCUT2D eigenvalue weighted by atomic mass is 10.1. The lowest BCUT2D eigenvalue weighted by molar-refractivity contribution is -0.116. The van der Waals surface area contributed by atoms with E-state index in [0.29, 0.717) is 5.82 Å². The van der Waals surface area contributed by atoms with E-state index in [1.165, 1.54) is 0 Å². The van der Waals surface area contributed by atoms with Crippen molar-refractivity contribution in [1.82, 2.24) is 14.9 Å². The van der Waals surface area contributed by atoms with Crippen molar-refractivity contribution in [2.75, 3.05) is 11.9 Å². The van der Waals surface area contributed by atoms with Gasteiger partial charge in [0.15, 0.2) is 5.82 Å². The maximum Gasteiger partial charge on any atom is 0.240 e. The van der Waals surface area contributed by atoms with Crippen LogP contribution in [0.4, 0.5) is 5.82 Å². The molecule has 27 heavy (non-hydrogen) atoms. The molecule has 0 fully saturated rings. The van der Waals surface area contributed by atoms with Crippen molar-refractivity contribution < 1.29 is 13.2 Å². The molecule has 7 nitrogen and oxygen atoms in total. The Morgan fingerprint density at radius 3 is 2.70 bits per heavy atom. The Hall–Kier alpha value is -2.49. The van der Waals surface area contributed by atoms with E-state index in [1.807, 2.05) is 31.4 Å². The first-order chi connectivity index (χ1) is 12.8. The van der Waals surface area contributed by atoms with Crippen molar-refractivity contribution in [1.29, 1.82) is 0 Å². The number of anilines is 1. The van der Waals surface area contributed by atoms with E-state index in [9.17, 15) is 13.2 Å². The molecule has 1 amide bonds. The number of benzene rings is 1. The number of H-pyrrole nitrogens is 1. The monoisotopic (exact) mass is 404 g/mol. The van der Waals surface area contributed by atoms with E-state index >= 15 is 0 Å². The van der Waals surface area contributed by atoms with E-state index in [0.717, 1.165) is 21.7 Å². The average molecular weight is 405 g/mol. The lowest BCUT2D eigenvalue weighted by Crippen LogP contribution is -2.28. The fraction of sp³-hybridized carbons (Fsp3) is 0.222. The number of nitrogens with zero attached hydrogens (tertiary/aromatic N) is 1. The van der Waals surface area contributed by atoms with Crippen LogP contribution in [-0.4, -0.2) is 31.1 Å². The molecule has 3 aromatic rings. The van der Waals surface area contributed by atoms with Gasteiger partial charge >= 0.3 is 0 Å². The predicted octanol–water partition coefficient (Wildman–Crippen LogP) is 3.06. The summed E-state index contributed by atoms with van der Waals surface area (Å²) in [4.78, 5) is 13.2. The van der Waals surface area contributed by atoms with Crippen LogP contribution >= 0.6 is 11.3 Å². The molecule has 0 spiro atoms. The van der Waals surface area contributed by atoms with Crippen LogP contribution < -0.4 is 10.0 Å². The molecule has 0 saturated carbocycles. The Balaban J connectivity index is 1.52. The third-order valence-corrected chi connectivity index (χ3v) is 6.43. The summed E-state index contributed by atoms with van der Waals surface area (Å²) in [5, 5.41) is 11.5. The zero-order valence-electron chi connectivity index (χ0n) is 14.9. The largest absolute Gasteiger partial charge is 0.309 e. The van der Waals surface area contributed by atoms with Crippen LogP contribution in [0.3, 0.4) is 0 Å².